The molecule has 5 heteroatoms. The highest BCUT2D eigenvalue weighted by molar-refractivity contribution is 7.86. The van der Waals surface area contributed by atoms with E-state index in [0.717, 1.165) is 0 Å². The zero-order valence-corrected chi connectivity index (χ0v) is 6.88. The summed E-state index contributed by atoms with van der Waals surface area (Å²) in [5.41, 5.74) is 0. The number of aliphatic hydroxyl groups is 1. The Hall–Kier alpha value is -0.130. The van der Waals surface area contributed by atoms with Crippen molar-refractivity contribution in [3.8, 4) is 0 Å². The van der Waals surface area contributed by atoms with Crippen molar-refractivity contribution in [2.45, 2.75) is 37.0 Å². The normalized spacial score (nSPS) is 33.6. The van der Waals surface area contributed by atoms with Crippen LogP contribution < -0.4 is 0 Å². The lowest BCUT2D eigenvalue weighted by atomic mass is 9.97. The summed E-state index contributed by atoms with van der Waals surface area (Å²) in [6, 6.07) is 0. The van der Waals surface area contributed by atoms with E-state index in [9.17, 15) is 13.0 Å². The Balaban J connectivity index is 2.53. The lowest BCUT2D eigenvalue weighted by molar-refractivity contribution is 0.130. The van der Waals surface area contributed by atoms with E-state index in [2.05, 4.69) is 0 Å². The van der Waals surface area contributed by atoms with Crippen LogP contribution in [0.1, 0.15) is 25.7 Å². The van der Waals surface area contributed by atoms with E-state index >= 15 is 0 Å². The van der Waals surface area contributed by atoms with Gasteiger partial charge in [0.25, 0.3) is 0 Å². The molecule has 11 heavy (non-hydrogen) atoms. The minimum atomic E-state index is -4.11. The molecular formula is C6H11O4S-. The fraction of sp³-hybridized carbons (Fsp3) is 1.00. The quantitative estimate of drug-likeness (QED) is 0.567. The molecule has 1 aliphatic carbocycles. The van der Waals surface area contributed by atoms with Crippen LogP contribution in [0.25, 0.3) is 0 Å². The zero-order chi connectivity index (χ0) is 8.48. The highest BCUT2D eigenvalue weighted by atomic mass is 32.2. The Labute approximate surface area is 66.0 Å². The van der Waals surface area contributed by atoms with E-state index in [1.165, 1.54) is 0 Å². The first kappa shape index (κ1) is 8.96. The summed E-state index contributed by atoms with van der Waals surface area (Å²) in [7, 11) is -4.11. The molecule has 0 atom stereocenters. The molecule has 66 valence electrons. The maximum Gasteiger partial charge on any atom is 0.0975 e. The fourth-order valence-corrected chi connectivity index (χ4v) is 2.18. The highest BCUT2D eigenvalue weighted by Crippen LogP contribution is 2.23. The molecule has 0 amide bonds. The molecule has 1 aliphatic rings. The summed E-state index contributed by atoms with van der Waals surface area (Å²) in [6.07, 6.45) is 1.09. The topological polar surface area (TPSA) is 77.4 Å². The van der Waals surface area contributed by atoms with Gasteiger partial charge in [0.05, 0.1) is 16.2 Å². The molecule has 0 aromatic carbocycles. The number of aliphatic hydroxyl groups excluding tert-OH is 1. The molecule has 4 nitrogen and oxygen atoms in total. The predicted molar refractivity (Wildman–Crippen MR) is 38.0 cm³/mol. The molecule has 0 saturated heterocycles. The third-order valence-corrected chi connectivity index (χ3v) is 3.34. The summed E-state index contributed by atoms with van der Waals surface area (Å²) in [6.45, 7) is 0. The smallest absolute Gasteiger partial charge is 0.0975 e. The Kier molecular flexibility index (Phi) is 2.51. The van der Waals surface area contributed by atoms with Crippen LogP contribution in [0.5, 0.6) is 0 Å². The maximum absolute atomic E-state index is 10.5. The molecule has 0 bridgehead atoms. The summed E-state index contributed by atoms with van der Waals surface area (Å²) >= 11 is 0. The summed E-state index contributed by atoms with van der Waals surface area (Å²) < 4.78 is 31.4. The van der Waals surface area contributed by atoms with Gasteiger partial charge in [-0.05, 0) is 25.7 Å². The molecule has 0 radical (unpaired) electrons. The highest BCUT2D eigenvalue weighted by Gasteiger charge is 2.23. The van der Waals surface area contributed by atoms with Crippen molar-refractivity contribution in [3.05, 3.63) is 0 Å². The summed E-state index contributed by atoms with van der Waals surface area (Å²) in [4.78, 5) is 0. The zero-order valence-electron chi connectivity index (χ0n) is 6.06. The molecule has 0 aromatic heterocycles. The molecule has 0 unspecified atom stereocenters. The molecule has 0 spiro atoms. The Morgan fingerprint density at radius 1 is 1.18 bits per heavy atom. The van der Waals surface area contributed by atoms with Crippen LogP contribution in [-0.2, 0) is 10.1 Å². The predicted octanol–water partition coefficient (Wildman–Crippen LogP) is -0.165. The second-order valence-electron chi connectivity index (χ2n) is 2.92. The van der Waals surface area contributed by atoms with Gasteiger partial charge < -0.3 is 9.66 Å². The lowest BCUT2D eigenvalue weighted by Gasteiger charge is -2.27. The largest absolute Gasteiger partial charge is 0.748 e. The average molecular weight is 179 g/mol. The molecule has 0 aromatic rings. The summed E-state index contributed by atoms with van der Waals surface area (Å²) in [5.74, 6) is 0. The van der Waals surface area contributed by atoms with Crippen molar-refractivity contribution >= 4 is 10.1 Å². The van der Waals surface area contributed by atoms with Crippen LogP contribution in [0.15, 0.2) is 0 Å². The molecule has 1 saturated carbocycles. The van der Waals surface area contributed by atoms with E-state index in [0.29, 0.717) is 25.7 Å². The standard InChI is InChI=1S/C6H12O4S/c7-5-1-3-6(4-2-5)11(8,9)10/h5-7H,1-4H2,(H,8,9,10)/p-1. The Morgan fingerprint density at radius 3 is 2.00 bits per heavy atom. The maximum atomic E-state index is 10.5. The van der Waals surface area contributed by atoms with Gasteiger partial charge in [0.15, 0.2) is 0 Å². The van der Waals surface area contributed by atoms with Crippen LogP contribution in [0.3, 0.4) is 0 Å². The van der Waals surface area contributed by atoms with Crippen molar-refractivity contribution in [2.24, 2.45) is 0 Å². The third kappa shape index (κ3) is 2.43. The first-order chi connectivity index (χ1) is 5.00. The molecule has 0 aliphatic heterocycles. The van der Waals surface area contributed by atoms with Gasteiger partial charge in [0, 0.05) is 5.25 Å². The average Bonchev–Trinajstić information content (AvgIpc) is 1.86. The number of hydrogen-bond acceptors (Lipinski definition) is 4. The van der Waals surface area contributed by atoms with Crippen LogP contribution in [0, 0.1) is 0 Å². The van der Waals surface area contributed by atoms with Gasteiger partial charge in [-0.1, -0.05) is 0 Å². The van der Waals surface area contributed by atoms with Gasteiger partial charge in [-0.2, -0.15) is 0 Å². The third-order valence-electron chi connectivity index (χ3n) is 2.05. The fourth-order valence-electron chi connectivity index (χ4n) is 1.33. The second kappa shape index (κ2) is 3.08. The Bertz CT molecular complexity index is 213. The van der Waals surface area contributed by atoms with Crippen molar-refractivity contribution in [1.29, 1.82) is 0 Å². The number of hydrogen-bond donors (Lipinski definition) is 1. The van der Waals surface area contributed by atoms with Crippen molar-refractivity contribution in [2.75, 3.05) is 0 Å². The minimum absolute atomic E-state index is 0.312. The lowest BCUT2D eigenvalue weighted by Crippen LogP contribution is -2.28. The molecule has 1 N–H and O–H groups in total. The van der Waals surface area contributed by atoms with Crippen LogP contribution in [-0.4, -0.2) is 29.4 Å². The van der Waals surface area contributed by atoms with E-state index < -0.39 is 21.5 Å². The monoisotopic (exact) mass is 179 g/mol. The van der Waals surface area contributed by atoms with Gasteiger partial charge in [-0.25, -0.2) is 8.42 Å². The van der Waals surface area contributed by atoms with E-state index in [1.807, 2.05) is 0 Å². The van der Waals surface area contributed by atoms with Crippen molar-refractivity contribution in [3.63, 3.8) is 0 Å². The van der Waals surface area contributed by atoms with E-state index in [4.69, 9.17) is 5.11 Å². The van der Waals surface area contributed by atoms with E-state index in [1.54, 1.807) is 0 Å². The molecular weight excluding hydrogens is 168 g/mol. The van der Waals surface area contributed by atoms with Crippen molar-refractivity contribution in [1.82, 2.24) is 0 Å². The van der Waals surface area contributed by atoms with Gasteiger partial charge in [-0.15, -0.1) is 0 Å². The van der Waals surface area contributed by atoms with Gasteiger partial charge in [0.1, 0.15) is 0 Å². The van der Waals surface area contributed by atoms with Gasteiger partial charge >= 0.3 is 0 Å². The molecule has 1 rings (SSSR count). The van der Waals surface area contributed by atoms with Gasteiger partial charge in [0.2, 0.25) is 0 Å². The van der Waals surface area contributed by atoms with Crippen LogP contribution in [0.2, 0.25) is 0 Å². The Morgan fingerprint density at radius 2 is 1.64 bits per heavy atom. The van der Waals surface area contributed by atoms with E-state index in [-0.39, 0.29) is 0 Å². The first-order valence-corrected chi connectivity index (χ1v) is 5.10. The molecule has 1 fully saturated rings. The minimum Gasteiger partial charge on any atom is -0.748 e. The van der Waals surface area contributed by atoms with Gasteiger partial charge in [-0.3, -0.25) is 0 Å². The van der Waals surface area contributed by atoms with Crippen LogP contribution >= 0.6 is 0 Å². The SMILES string of the molecule is O=S(=O)([O-])C1CCC(O)CC1. The summed E-state index contributed by atoms with van der Waals surface area (Å²) in [5, 5.41) is 8.24. The second-order valence-corrected chi connectivity index (χ2v) is 4.58. The van der Waals surface area contributed by atoms with Crippen molar-refractivity contribution < 1.29 is 18.1 Å². The van der Waals surface area contributed by atoms with Crippen LogP contribution in [0.4, 0.5) is 0 Å². The first-order valence-electron chi connectivity index (χ1n) is 3.63. The number of rotatable bonds is 1. The molecule has 0 heterocycles.